The van der Waals surface area contributed by atoms with E-state index in [9.17, 15) is 17.6 Å². The van der Waals surface area contributed by atoms with Crippen LogP contribution in [0, 0.1) is 11.2 Å². The number of amides is 1. The average molecular weight is 381 g/mol. The number of nitrogens with two attached hydrogens (primary N) is 1. The van der Waals surface area contributed by atoms with E-state index >= 15 is 0 Å². The van der Waals surface area contributed by atoms with Gasteiger partial charge >= 0.3 is 0 Å². The molecule has 0 heterocycles. The number of carbonyl (C=O) groups is 1. The maximum absolute atomic E-state index is 13.8. The quantitative estimate of drug-likeness (QED) is 0.840. The highest BCUT2D eigenvalue weighted by Crippen LogP contribution is 2.24. The zero-order valence-corrected chi connectivity index (χ0v) is 14.4. The highest BCUT2D eigenvalue weighted by Gasteiger charge is 2.20. The lowest BCUT2D eigenvalue weighted by Crippen LogP contribution is -2.28. The molecule has 1 aromatic carbocycles. The molecule has 0 radical (unpaired) electrons. The summed E-state index contributed by atoms with van der Waals surface area (Å²) in [5, 5.41) is 7.59. The van der Waals surface area contributed by atoms with E-state index in [0.717, 1.165) is 12.1 Å². The normalized spacial score (nSPS) is 12.3. The van der Waals surface area contributed by atoms with Gasteiger partial charge in [-0.1, -0.05) is 20.8 Å². The lowest BCUT2D eigenvalue weighted by Gasteiger charge is -2.18. The summed E-state index contributed by atoms with van der Waals surface area (Å²) in [6, 6.07) is 1.85. The first kappa shape index (κ1) is 18.1. The van der Waals surface area contributed by atoms with Crippen molar-refractivity contribution in [2.24, 2.45) is 10.6 Å². The summed E-state index contributed by atoms with van der Waals surface area (Å²) in [5.74, 6) is -1.49. The molecule has 1 aromatic rings. The van der Waals surface area contributed by atoms with E-state index in [4.69, 9.17) is 5.14 Å². The number of benzene rings is 1. The van der Waals surface area contributed by atoms with Crippen LogP contribution < -0.4 is 10.5 Å². The van der Waals surface area contributed by atoms with E-state index in [0.29, 0.717) is 13.0 Å². The van der Waals surface area contributed by atoms with Gasteiger partial charge < -0.3 is 5.32 Å². The minimum atomic E-state index is -4.04. The molecular formula is C13H18BrFN2O3S. The van der Waals surface area contributed by atoms with Crippen LogP contribution in [0.2, 0.25) is 0 Å². The standard InChI is InChI=1S/C13H18BrFN2O3S/c1-13(2,3)4-5-17-12(18)8-6-11(21(16,19)20)9(14)7-10(8)15/h6-7H,4-5H2,1-3H3,(H,17,18)(H2,16,19,20). The van der Waals surface area contributed by atoms with Crippen molar-refractivity contribution in [1.82, 2.24) is 5.32 Å². The Morgan fingerprint density at radius 1 is 1.38 bits per heavy atom. The van der Waals surface area contributed by atoms with Crippen LogP contribution in [0.4, 0.5) is 4.39 Å². The van der Waals surface area contributed by atoms with Gasteiger partial charge in [0.25, 0.3) is 5.91 Å². The third kappa shape index (κ3) is 5.37. The fourth-order valence-corrected chi connectivity index (χ4v) is 3.17. The van der Waals surface area contributed by atoms with Gasteiger partial charge in [0, 0.05) is 11.0 Å². The second-order valence-electron chi connectivity index (χ2n) is 5.87. The molecule has 0 aliphatic heterocycles. The van der Waals surface area contributed by atoms with Gasteiger partial charge in [-0.2, -0.15) is 0 Å². The molecule has 118 valence electrons. The third-order valence-corrected chi connectivity index (χ3v) is 4.60. The van der Waals surface area contributed by atoms with Gasteiger partial charge in [0.1, 0.15) is 5.82 Å². The topological polar surface area (TPSA) is 89.3 Å². The first-order chi connectivity index (χ1) is 9.42. The number of sulfonamides is 1. The second kappa shape index (κ2) is 6.41. The number of halogens is 2. The Balaban J connectivity index is 3.00. The Kier molecular flexibility index (Phi) is 5.51. The van der Waals surface area contributed by atoms with Crippen LogP contribution in [0.1, 0.15) is 37.6 Å². The highest BCUT2D eigenvalue weighted by molar-refractivity contribution is 9.10. The van der Waals surface area contributed by atoms with Gasteiger partial charge in [-0.05, 0) is 39.9 Å². The largest absolute Gasteiger partial charge is 0.352 e. The molecule has 0 atom stereocenters. The molecule has 0 aliphatic carbocycles. The van der Waals surface area contributed by atoms with E-state index in [-0.39, 0.29) is 20.3 Å². The zero-order valence-electron chi connectivity index (χ0n) is 12.0. The number of nitrogens with one attached hydrogen (secondary N) is 1. The molecule has 0 fully saturated rings. The Morgan fingerprint density at radius 2 is 1.95 bits per heavy atom. The van der Waals surface area contributed by atoms with E-state index in [1.165, 1.54) is 0 Å². The molecule has 0 spiro atoms. The minimum Gasteiger partial charge on any atom is -0.352 e. The second-order valence-corrected chi connectivity index (χ2v) is 8.26. The SMILES string of the molecule is CC(C)(C)CCNC(=O)c1cc(S(N)(=O)=O)c(Br)cc1F. The zero-order chi connectivity index (χ0) is 16.4. The Hall–Kier alpha value is -0.990. The van der Waals surface area contributed by atoms with Gasteiger partial charge in [-0.3, -0.25) is 4.79 Å². The first-order valence-corrected chi connectivity index (χ1v) is 8.56. The molecule has 21 heavy (non-hydrogen) atoms. The van der Waals surface area contributed by atoms with Crippen molar-refractivity contribution in [3.05, 3.63) is 28.0 Å². The Bertz CT molecular complexity index is 654. The van der Waals surface area contributed by atoms with Gasteiger partial charge in [0.15, 0.2) is 0 Å². The van der Waals surface area contributed by atoms with Crippen molar-refractivity contribution in [2.75, 3.05) is 6.54 Å². The van der Waals surface area contributed by atoms with Crippen molar-refractivity contribution in [3.8, 4) is 0 Å². The molecule has 0 saturated carbocycles. The number of hydrogen-bond donors (Lipinski definition) is 2. The smallest absolute Gasteiger partial charge is 0.254 e. The summed E-state index contributed by atoms with van der Waals surface area (Å²) in [4.78, 5) is 11.6. The van der Waals surface area contributed by atoms with Crippen LogP contribution >= 0.6 is 15.9 Å². The molecule has 3 N–H and O–H groups in total. The summed E-state index contributed by atoms with van der Waals surface area (Å²) in [6.45, 7) is 6.40. The summed E-state index contributed by atoms with van der Waals surface area (Å²) in [5.41, 5.74) is -0.326. The molecular weight excluding hydrogens is 363 g/mol. The van der Waals surface area contributed by atoms with Crippen molar-refractivity contribution in [3.63, 3.8) is 0 Å². The lowest BCUT2D eigenvalue weighted by molar-refractivity contribution is 0.0945. The molecule has 1 rings (SSSR count). The molecule has 0 saturated heterocycles. The van der Waals surface area contributed by atoms with Crippen molar-refractivity contribution >= 4 is 31.9 Å². The maximum atomic E-state index is 13.8. The molecule has 0 aromatic heterocycles. The summed E-state index contributed by atoms with van der Waals surface area (Å²) >= 11 is 2.91. The summed E-state index contributed by atoms with van der Waals surface area (Å²) < 4.78 is 36.5. The van der Waals surface area contributed by atoms with Crippen molar-refractivity contribution in [2.45, 2.75) is 32.1 Å². The summed E-state index contributed by atoms with van der Waals surface area (Å²) in [7, 11) is -4.04. The number of carbonyl (C=O) groups excluding carboxylic acids is 1. The van der Waals surface area contributed by atoms with Gasteiger partial charge in [-0.25, -0.2) is 17.9 Å². The number of rotatable bonds is 4. The minimum absolute atomic E-state index is 0.0197. The first-order valence-electron chi connectivity index (χ1n) is 6.22. The Morgan fingerprint density at radius 3 is 2.43 bits per heavy atom. The highest BCUT2D eigenvalue weighted by atomic mass is 79.9. The monoisotopic (exact) mass is 380 g/mol. The fourth-order valence-electron chi connectivity index (χ4n) is 1.57. The fraction of sp³-hybridized carbons (Fsp3) is 0.462. The van der Waals surface area contributed by atoms with Gasteiger partial charge in [0.05, 0.1) is 10.5 Å². The van der Waals surface area contributed by atoms with Crippen LogP contribution in [0.15, 0.2) is 21.5 Å². The van der Waals surface area contributed by atoms with E-state index in [2.05, 4.69) is 21.2 Å². The van der Waals surface area contributed by atoms with Crippen LogP contribution in [0.5, 0.6) is 0 Å². The average Bonchev–Trinajstić information content (AvgIpc) is 2.24. The van der Waals surface area contributed by atoms with Crippen LogP contribution in [0.25, 0.3) is 0 Å². The van der Waals surface area contributed by atoms with Gasteiger partial charge in [0.2, 0.25) is 10.0 Å². The van der Waals surface area contributed by atoms with Gasteiger partial charge in [-0.15, -0.1) is 0 Å². The van der Waals surface area contributed by atoms with Crippen molar-refractivity contribution in [1.29, 1.82) is 0 Å². The van der Waals surface area contributed by atoms with Crippen LogP contribution in [0.3, 0.4) is 0 Å². The lowest BCUT2D eigenvalue weighted by atomic mass is 9.92. The van der Waals surface area contributed by atoms with E-state index in [1.807, 2.05) is 20.8 Å². The number of hydrogen-bond acceptors (Lipinski definition) is 3. The predicted molar refractivity (Wildman–Crippen MR) is 81.9 cm³/mol. The molecule has 5 nitrogen and oxygen atoms in total. The molecule has 0 unspecified atom stereocenters. The summed E-state index contributed by atoms with van der Waals surface area (Å²) in [6.07, 6.45) is 0.707. The van der Waals surface area contributed by atoms with Crippen LogP contribution in [-0.2, 0) is 10.0 Å². The van der Waals surface area contributed by atoms with E-state index in [1.54, 1.807) is 0 Å². The maximum Gasteiger partial charge on any atom is 0.254 e. The van der Waals surface area contributed by atoms with Crippen LogP contribution in [-0.4, -0.2) is 20.9 Å². The van der Waals surface area contributed by atoms with E-state index < -0.39 is 21.7 Å². The third-order valence-electron chi connectivity index (χ3n) is 2.73. The van der Waals surface area contributed by atoms with Crippen molar-refractivity contribution < 1.29 is 17.6 Å². The predicted octanol–water partition coefficient (Wildman–Crippen LogP) is 2.40. The Labute approximate surface area is 132 Å². The molecule has 0 bridgehead atoms. The molecule has 1 amide bonds. The number of primary sulfonamides is 1. The molecule has 0 aliphatic rings. The molecule has 8 heteroatoms.